The van der Waals surface area contributed by atoms with Gasteiger partial charge in [-0.2, -0.15) is 0 Å². The molecule has 0 aliphatic carbocycles. The van der Waals surface area contributed by atoms with Gasteiger partial charge in [0.1, 0.15) is 0 Å². The number of nitro groups is 1. The van der Waals surface area contributed by atoms with Crippen molar-refractivity contribution in [3.8, 4) is 0 Å². The topological polar surface area (TPSA) is 127 Å². The highest BCUT2D eigenvalue weighted by Crippen LogP contribution is 2.22. The highest BCUT2D eigenvalue weighted by atomic mass is 32.2. The monoisotopic (exact) mass is 391 g/mol. The van der Waals surface area contributed by atoms with Crippen LogP contribution in [0.2, 0.25) is 0 Å². The fourth-order valence-corrected chi connectivity index (χ4v) is 4.91. The summed E-state index contributed by atoms with van der Waals surface area (Å²) in [6.07, 6.45) is 2.49. The summed E-state index contributed by atoms with van der Waals surface area (Å²) in [5.41, 5.74) is 0.382. The zero-order valence-electron chi connectivity index (χ0n) is 13.8. The molecule has 0 radical (unpaired) electrons. The molecular weight excluding hydrogens is 370 g/mol. The number of nitro benzene ring substituents is 1. The van der Waals surface area contributed by atoms with Crippen LogP contribution >= 0.6 is 0 Å². The number of non-ortho nitro benzene ring substituents is 1. The first kappa shape index (κ1) is 19.8. The van der Waals surface area contributed by atoms with E-state index in [1.54, 1.807) is 0 Å². The van der Waals surface area contributed by atoms with Gasteiger partial charge in [0.05, 0.1) is 16.9 Å². The lowest BCUT2D eigenvalue weighted by molar-refractivity contribution is -0.384. The molecule has 1 unspecified atom stereocenters. The molecule has 0 amide bonds. The van der Waals surface area contributed by atoms with E-state index in [9.17, 15) is 26.9 Å². The van der Waals surface area contributed by atoms with Crippen LogP contribution in [0.3, 0.4) is 0 Å². The predicted octanol–water partition coefficient (Wildman–Crippen LogP) is 0.686. The molecule has 1 N–H and O–H groups in total. The summed E-state index contributed by atoms with van der Waals surface area (Å²) >= 11 is 0. The first-order valence-electron chi connectivity index (χ1n) is 7.72. The lowest BCUT2D eigenvalue weighted by atomic mass is 10.0. The summed E-state index contributed by atoms with van der Waals surface area (Å²) in [4.78, 5) is 10.1. The molecule has 1 heterocycles. The Morgan fingerprint density at radius 1 is 1.24 bits per heavy atom. The lowest BCUT2D eigenvalue weighted by Crippen LogP contribution is -2.43. The van der Waals surface area contributed by atoms with Crippen LogP contribution in [0.25, 0.3) is 0 Å². The minimum Gasteiger partial charge on any atom is -0.258 e. The standard InChI is InChI=1S/C14H21N3O6S2/c1-24(20,21)15-9-13-3-2-8-16(10-13)25(22,23)11-12-4-6-14(7-5-12)17(18)19/h4-7,13,15H,2-3,8-11H2,1H3. The van der Waals surface area contributed by atoms with Gasteiger partial charge in [-0.15, -0.1) is 0 Å². The first-order chi connectivity index (χ1) is 11.6. The van der Waals surface area contributed by atoms with Crippen LogP contribution in [0.4, 0.5) is 5.69 Å². The van der Waals surface area contributed by atoms with Crippen LogP contribution in [-0.4, -0.2) is 52.0 Å². The molecule has 9 nitrogen and oxygen atoms in total. The lowest BCUT2D eigenvalue weighted by Gasteiger charge is -2.32. The Balaban J connectivity index is 2.01. The molecule has 1 aromatic rings. The van der Waals surface area contributed by atoms with E-state index in [1.807, 2.05) is 0 Å². The van der Waals surface area contributed by atoms with Crippen molar-refractivity contribution in [1.82, 2.24) is 9.03 Å². The molecule has 11 heteroatoms. The number of piperidine rings is 1. The molecule has 1 aliphatic rings. The molecule has 1 aliphatic heterocycles. The van der Waals surface area contributed by atoms with Crippen molar-refractivity contribution < 1.29 is 21.8 Å². The fraction of sp³-hybridized carbons (Fsp3) is 0.571. The molecule has 0 aromatic heterocycles. The third-order valence-electron chi connectivity index (χ3n) is 4.01. The molecule has 25 heavy (non-hydrogen) atoms. The predicted molar refractivity (Wildman–Crippen MR) is 92.9 cm³/mol. The second kappa shape index (κ2) is 7.77. The molecule has 1 aromatic carbocycles. The van der Waals surface area contributed by atoms with Gasteiger partial charge in [0, 0.05) is 31.8 Å². The number of rotatable bonds is 7. The molecule has 1 atom stereocenters. The van der Waals surface area contributed by atoms with Crippen LogP contribution in [0.15, 0.2) is 24.3 Å². The molecule has 0 saturated carbocycles. The molecule has 140 valence electrons. The zero-order chi connectivity index (χ0) is 18.7. The fourth-order valence-electron chi connectivity index (χ4n) is 2.73. The minimum atomic E-state index is -3.57. The average Bonchev–Trinajstić information content (AvgIpc) is 2.53. The van der Waals surface area contributed by atoms with E-state index >= 15 is 0 Å². The van der Waals surface area contributed by atoms with E-state index in [1.165, 1.54) is 28.6 Å². The average molecular weight is 391 g/mol. The van der Waals surface area contributed by atoms with Crippen molar-refractivity contribution >= 4 is 25.7 Å². The molecule has 0 bridgehead atoms. The van der Waals surface area contributed by atoms with E-state index in [0.29, 0.717) is 18.5 Å². The number of sulfonamides is 2. The van der Waals surface area contributed by atoms with Gasteiger partial charge in [-0.1, -0.05) is 12.1 Å². The Hall–Kier alpha value is -1.56. The summed E-state index contributed by atoms with van der Waals surface area (Å²) < 4.78 is 51.3. The Kier molecular flexibility index (Phi) is 6.14. The van der Waals surface area contributed by atoms with Gasteiger partial charge in [0.15, 0.2) is 0 Å². The molecular formula is C14H21N3O6S2. The number of hydrogen-bond donors (Lipinski definition) is 1. The van der Waals surface area contributed by atoms with E-state index in [2.05, 4.69) is 4.72 Å². The van der Waals surface area contributed by atoms with Crippen LogP contribution in [0.5, 0.6) is 0 Å². The summed E-state index contributed by atoms with van der Waals surface area (Å²) in [5.74, 6) is -0.313. The van der Waals surface area contributed by atoms with Gasteiger partial charge in [0.25, 0.3) is 5.69 Å². The highest BCUT2D eigenvalue weighted by molar-refractivity contribution is 7.88. The van der Waals surface area contributed by atoms with Crippen LogP contribution in [0, 0.1) is 16.0 Å². The maximum absolute atomic E-state index is 12.6. The quantitative estimate of drug-likeness (QED) is 0.538. The highest BCUT2D eigenvalue weighted by Gasteiger charge is 2.29. The van der Waals surface area contributed by atoms with Crippen molar-refractivity contribution in [2.75, 3.05) is 25.9 Å². The third kappa shape index (κ3) is 6.03. The second-order valence-electron chi connectivity index (χ2n) is 6.17. The normalized spacial score (nSPS) is 19.6. The van der Waals surface area contributed by atoms with Gasteiger partial charge in [0.2, 0.25) is 20.0 Å². The number of nitrogens with zero attached hydrogens (tertiary/aromatic N) is 2. The van der Waals surface area contributed by atoms with Crippen molar-refractivity contribution in [2.45, 2.75) is 18.6 Å². The second-order valence-corrected chi connectivity index (χ2v) is 9.97. The Morgan fingerprint density at radius 3 is 2.44 bits per heavy atom. The molecule has 1 fully saturated rings. The Bertz CT molecular complexity index is 821. The Morgan fingerprint density at radius 2 is 1.88 bits per heavy atom. The Labute approximate surface area is 147 Å². The van der Waals surface area contributed by atoms with Gasteiger partial charge >= 0.3 is 0 Å². The van der Waals surface area contributed by atoms with E-state index < -0.39 is 25.0 Å². The molecule has 0 spiro atoms. The van der Waals surface area contributed by atoms with Crippen LogP contribution < -0.4 is 4.72 Å². The SMILES string of the molecule is CS(=O)(=O)NCC1CCCN(S(=O)(=O)Cc2ccc([N+](=O)[O-])cc2)C1. The zero-order valence-corrected chi connectivity index (χ0v) is 15.4. The number of nitrogens with one attached hydrogen (secondary N) is 1. The van der Waals surface area contributed by atoms with Gasteiger partial charge in [-0.05, 0) is 24.3 Å². The van der Waals surface area contributed by atoms with Crippen molar-refractivity contribution in [2.24, 2.45) is 5.92 Å². The maximum atomic E-state index is 12.6. The van der Waals surface area contributed by atoms with Gasteiger partial charge in [-0.3, -0.25) is 10.1 Å². The largest absolute Gasteiger partial charge is 0.269 e. The van der Waals surface area contributed by atoms with Crippen molar-refractivity contribution in [3.05, 3.63) is 39.9 Å². The molecule has 2 rings (SSSR count). The summed E-state index contributed by atoms with van der Waals surface area (Å²) in [6.45, 7) is 0.866. The summed E-state index contributed by atoms with van der Waals surface area (Å²) in [7, 11) is -6.88. The van der Waals surface area contributed by atoms with E-state index in [0.717, 1.165) is 12.7 Å². The summed E-state index contributed by atoms with van der Waals surface area (Å²) in [6, 6.07) is 5.42. The smallest absolute Gasteiger partial charge is 0.258 e. The van der Waals surface area contributed by atoms with Crippen molar-refractivity contribution in [1.29, 1.82) is 0 Å². The van der Waals surface area contributed by atoms with Crippen molar-refractivity contribution in [3.63, 3.8) is 0 Å². The number of benzene rings is 1. The van der Waals surface area contributed by atoms with E-state index in [-0.39, 0.29) is 30.4 Å². The molecule has 1 saturated heterocycles. The van der Waals surface area contributed by atoms with E-state index in [4.69, 9.17) is 0 Å². The van der Waals surface area contributed by atoms with Crippen LogP contribution in [-0.2, 0) is 25.8 Å². The third-order valence-corrected chi connectivity index (χ3v) is 6.51. The van der Waals surface area contributed by atoms with Gasteiger partial charge in [-0.25, -0.2) is 25.9 Å². The van der Waals surface area contributed by atoms with Crippen LogP contribution in [0.1, 0.15) is 18.4 Å². The number of hydrogen-bond acceptors (Lipinski definition) is 6. The van der Waals surface area contributed by atoms with Gasteiger partial charge < -0.3 is 0 Å². The first-order valence-corrected chi connectivity index (χ1v) is 11.2. The minimum absolute atomic E-state index is 0.0740. The maximum Gasteiger partial charge on any atom is 0.269 e. The summed E-state index contributed by atoms with van der Waals surface area (Å²) in [5, 5.41) is 10.6.